The van der Waals surface area contributed by atoms with Crippen molar-refractivity contribution in [2.75, 3.05) is 26.8 Å². The van der Waals surface area contributed by atoms with Gasteiger partial charge in [-0.1, -0.05) is 6.07 Å². The number of likely N-dealkylation sites (tertiary alicyclic amines) is 1. The lowest BCUT2D eigenvalue weighted by atomic mass is 9.99. The SMILES string of the molecule is COC[C@H]1CCCN(C(=O)/C=C\c2cccnc2)C1. The zero-order valence-electron chi connectivity index (χ0n) is 11.3. The molecule has 2 rings (SSSR count). The molecule has 1 aromatic rings. The summed E-state index contributed by atoms with van der Waals surface area (Å²) >= 11 is 0. The van der Waals surface area contributed by atoms with Crippen LogP contribution in [0.1, 0.15) is 18.4 Å². The Bertz CT molecular complexity index is 429. The molecule has 1 amide bonds. The number of amides is 1. The molecule has 1 aliphatic rings. The summed E-state index contributed by atoms with van der Waals surface area (Å²) in [5.41, 5.74) is 0.946. The molecule has 1 atom stereocenters. The van der Waals surface area contributed by atoms with Crippen LogP contribution in [0, 0.1) is 5.92 Å². The molecule has 1 aliphatic heterocycles. The fraction of sp³-hybridized carbons (Fsp3) is 0.467. The van der Waals surface area contributed by atoms with E-state index in [1.807, 2.05) is 23.1 Å². The Labute approximate surface area is 114 Å². The van der Waals surface area contributed by atoms with E-state index in [2.05, 4.69) is 4.98 Å². The van der Waals surface area contributed by atoms with Gasteiger partial charge in [-0.25, -0.2) is 0 Å². The maximum Gasteiger partial charge on any atom is 0.246 e. The predicted octanol–water partition coefficient (Wildman–Crippen LogP) is 1.98. The van der Waals surface area contributed by atoms with Crippen molar-refractivity contribution in [1.29, 1.82) is 0 Å². The molecule has 1 aromatic heterocycles. The summed E-state index contributed by atoms with van der Waals surface area (Å²) < 4.78 is 5.17. The fourth-order valence-electron chi connectivity index (χ4n) is 2.38. The third-order valence-electron chi connectivity index (χ3n) is 3.34. The van der Waals surface area contributed by atoms with E-state index in [4.69, 9.17) is 4.74 Å². The van der Waals surface area contributed by atoms with Crippen molar-refractivity contribution < 1.29 is 9.53 Å². The van der Waals surface area contributed by atoms with E-state index in [1.165, 1.54) is 0 Å². The van der Waals surface area contributed by atoms with Gasteiger partial charge in [-0.3, -0.25) is 9.78 Å². The number of pyridine rings is 1. The van der Waals surface area contributed by atoms with Gasteiger partial charge in [0.15, 0.2) is 0 Å². The Morgan fingerprint density at radius 3 is 3.26 bits per heavy atom. The van der Waals surface area contributed by atoms with Crippen molar-refractivity contribution in [2.24, 2.45) is 5.92 Å². The van der Waals surface area contributed by atoms with Gasteiger partial charge in [-0.05, 0) is 36.5 Å². The lowest BCUT2D eigenvalue weighted by Gasteiger charge is -2.31. The second-order valence-corrected chi connectivity index (χ2v) is 4.87. The van der Waals surface area contributed by atoms with Crippen LogP contribution in [0.3, 0.4) is 0 Å². The predicted molar refractivity (Wildman–Crippen MR) is 74.5 cm³/mol. The fourth-order valence-corrected chi connectivity index (χ4v) is 2.38. The largest absolute Gasteiger partial charge is 0.384 e. The van der Waals surface area contributed by atoms with E-state index < -0.39 is 0 Å². The van der Waals surface area contributed by atoms with Gasteiger partial charge in [0, 0.05) is 38.7 Å². The third kappa shape index (κ3) is 4.17. The van der Waals surface area contributed by atoms with E-state index in [-0.39, 0.29) is 5.91 Å². The average molecular weight is 260 g/mol. The van der Waals surface area contributed by atoms with Crippen molar-refractivity contribution in [1.82, 2.24) is 9.88 Å². The van der Waals surface area contributed by atoms with Gasteiger partial charge in [0.1, 0.15) is 0 Å². The number of aromatic nitrogens is 1. The molecule has 0 aliphatic carbocycles. The molecular weight excluding hydrogens is 240 g/mol. The minimum atomic E-state index is 0.0738. The lowest BCUT2D eigenvalue weighted by molar-refractivity contribution is -0.128. The van der Waals surface area contributed by atoms with Gasteiger partial charge in [-0.15, -0.1) is 0 Å². The molecule has 1 fully saturated rings. The molecule has 4 heteroatoms. The summed E-state index contributed by atoms with van der Waals surface area (Å²) in [4.78, 5) is 18.0. The summed E-state index contributed by atoms with van der Waals surface area (Å²) in [6, 6.07) is 3.79. The molecule has 0 aromatic carbocycles. The number of hydrogen-bond acceptors (Lipinski definition) is 3. The van der Waals surface area contributed by atoms with E-state index >= 15 is 0 Å². The highest BCUT2D eigenvalue weighted by atomic mass is 16.5. The van der Waals surface area contributed by atoms with Gasteiger partial charge in [0.25, 0.3) is 0 Å². The van der Waals surface area contributed by atoms with Crippen LogP contribution in [-0.2, 0) is 9.53 Å². The Morgan fingerprint density at radius 2 is 2.53 bits per heavy atom. The van der Waals surface area contributed by atoms with Crippen molar-refractivity contribution >= 4 is 12.0 Å². The van der Waals surface area contributed by atoms with Crippen LogP contribution < -0.4 is 0 Å². The van der Waals surface area contributed by atoms with E-state index in [0.29, 0.717) is 5.92 Å². The maximum absolute atomic E-state index is 12.1. The highest BCUT2D eigenvalue weighted by Crippen LogP contribution is 2.17. The van der Waals surface area contributed by atoms with Crippen molar-refractivity contribution in [2.45, 2.75) is 12.8 Å². The zero-order valence-corrected chi connectivity index (χ0v) is 11.3. The molecule has 0 N–H and O–H groups in total. The monoisotopic (exact) mass is 260 g/mol. The number of rotatable bonds is 4. The zero-order chi connectivity index (χ0) is 13.5. The van der Waals surface area contributed by atoms with Crippen LogP contribution in [0.4, 0.5) is 0 Å². The van der Waals surface area contributed by atoms with Crippen LogP contribution in [0.25, 0.3) is 6.08 Å². The average Bonchev–Trinajstić information content (AvgIpc) is 2.46. The minimum absolute atomic E-state index is 0.0738. The Kier molecular flexibility index (Phi) is 5.10. The number of hydrogen-bond donors (Lipinski definition) is 0. The molecule has 102 valence electrons. The summed E-state index contributed by atoms with van der Waals surface area (Å²) in [5, 5.41) is 0. The van der Waals surface area contributed by atoms with E-state index in [1.54, 1.807) is 25.6 Å². The van der Waals surface area contributed by atoms with Crippen LogP contribution >= 0.6 is 0 Å². The second kappa shape index (κ2) is 7.04. The number of piperidine rings is 1. The molecule has 0 saturated carbocycles. The molecule has 19 heavy (non-hydrogen) atoms. The molecule has 0 spiro atoms. The second-order valence-electron chi connectivity index (χ2n) is 4.87. The first-order valence-electron chi connectivity index (χ1n) is 6.65. The molecule has 2 heterocycles. The molecule has 0 unspecified atom stereocenters. The third-order valence-corrected chi connectivity index (χ3v) is 3.34. The molecule has 0 radical (unpaired) electrons. The summed E-state index contributed by atoms with van der Waals surface area (Å²) in [6.07, 6.45) is 9.11. The first kappa shape index (κ1) is 13.7. The van der Waals surface area contributed by atoms with Gasteiger partial charge in [-0.2, -0.15) is 0 Å². The van der Waals surface area contributed by atoms with Gasteiger partial charge in [0.2, 0.25) is 5.91 Å². The van der Waals surface area contributed by atoms with Gasteiger partial charge in [0.05, 0.1) is 6.61 Å². The van der Waals surface area contributed by atoms with Crippen molar-refractivity contribution in [3.05, 3.63) is 36.2 Å². The quantitative estimate of drug-likeness (QED) is 0.777. The number of carbonyl (C=O) groups excluding carboxylic acids is 1. The van der Waals surface area contributed by atoms with Crippen LogP contribution in [-0.4, -0.2) is 42.6 Å². The first-order valence-corrected chi connectivity index (χ1v) is 6.65. The molecular formula is C15H20N2O2. The van der Waals surface area contributed by atoms with Crippen molar-refractivity contribution in [3.8, 4) is 0 Å². The Hall–Kier alpha value is -1.68. The summed E-state index contributed by atoms with van der Waals surface area (Å²) in [5.74, 6) is 0.541. The Morgan fingerprint density at radius 1 is 1.63 bits per heavy atom. The number of nitrogens with zero attached hydrogens (tertiary/aromatic N) is 2. The smallest absolute Gasteiger partial charge is 0.246 e. The molecule has 4 nitrogen and oxygen atoms in total. The van der Waals surface area contributed by atoms with Crippen LogP contribution in [0.2, 0.25) is 0 Å². The van der Waals surface area contributed by atoms with E-state index in [9.17, 15) is 4.79 Å². The lowest BCUT2D eigenvalue weighted by Crippen LogP contribution is -2.40. The van der Waals surface area contributed by atoms with Gasteiger partial charge < -0.3 is 9.64 Å². The van der Waals surface area contributed by atoms with Crippen molar-refractivity contribution in [3.63, 3.8) is 0 Å². The standard InChI is InChI=1S/C15H20N2O2/c1-19-12-14-5-3-9-17(11-14)15(18)7-6-13-4-2-8-16-10-13/h2,4,6-8,10,14H,3,5,9,11-12H2,1H3/b7-6-/t14-/m0/s1. The first-order chi connectivity index (χ1) is 9.29. The molecule has 1 saturated heterocycles. The normalized spacial score (nSPS) is 19.8. The topological polar surface area (TPSA) is 42.4 Å². The Balaban J connectivity index is 1.90. The summed E-state index contributed by atoms with van der Waals surface area (Å²) in [6.45, 7) is 2.37. The summed E-state index contributed by atoms with van der Waals surface area (Å²) in [7, 11) is 1.71. The maximum atomic E-state index is 12.1. The highest BCUT2D eigenvalue weighted by Gasteiger charge is 2.21. The van der Waals surface area contributed by atoms with Gasteiger partial charge >= 0.3 is 0 Å². The van der Waals surface area contributed by atoms with Crippen LogP contribution in [0.5, 0.6) is 0 Å². The van der Waals surface area contributed by atoms with E-state index in [0.717, 1.165) is 38.1 Å². The van der Waals surface area contributed by atoms with Crippen LogP contribution in [0.15, 0.2) is 30.6 Å². The number of ether oxygens (including phenoxy) is 1. The minimum Gasteiger partial charge on any atom is -0.384 e. The highest BCUT2D eigenvalue weighted by molar-refractivity contribution is 5.91. The number of carbonyl (C=O) groups is 1. The molecule has 0 bridgehead atoms. The number of methoxy groups -OCH3 is 1.